The quantitative estimate of drug-likeness (QED) is 0.771. The van der Waals surface area contributed by atoms with Gasteiger partial charge in [0.1, 0.15) is 12.9 Å². The third-order valence-electron chi connectivity index (χ3n) is 3.53. The van der Waals surface area contributed by atoms with Crippen LogP contribution in [-0.4, -0.2) is 32.6 Å². The van der Waals surface area contributed by atoms with Crippen LogP contribution in [0.15, 0.2) is 45.7 Å². The Bertz CT molecular complexity index is 912. The molecule has 9 heteroatoms. The zero-order valence-electron chi connectivity index (χ0n) is 15.6. The van der Waals surface area contributed by atoms with Gasteiger partial charge in [-0.15, -0.1) is 0 Å². The van der Waals surface area contributed by atoms with Gasteiger partial charge >= 0.3 is 11.8 Å². The summed E-state index contributed by atoms with van der Waals surface area (Å²) in [5, 5.41) is 6.62. The van der Waals surface area contributed by atoms with Crippen LogP contribution in [0, 0.1) is 6.92 Å². The van der Waals surface area contributed by atoms with Crippen LogP contribution in [0.1, 0.15) is 26.3 Å². The molecule has 27 heavy (non-hydrogen) atoms. The molecule has 2 aromatic rings. The Kier molecular flexibility index (Phi) is 6.59. The summed E-state index contributed by atoms with van der Waals surface area (Å²) in [5.74, 6) is 0. The lowest BCUT2D eigenvalue weighted by molar-refractivity contribution is 0.145. The Balaban J connectivity index is 2.08. The first kappa shape index (κ1) is 20.9. The molecule has 0 fully saturated rings. The average Bonchev–Trinajstić information content (AvgIpc) is 2.93. The minimum atomic E-state index is -0.662. The molecule has 1 amide bonds. The molecule has 0 bridgehead atoms. The summed E-state index contributed by atoms with van der Waals surface area (Å²) >= 11 is 3.41. The summed E-state index contributed by atoms with van der Waals surface area (Å²) in [4.78, 5) is 24.2. The second-order valence-corrected chi connectivity index (χ2v) is 7.95. The zero-order valence-corrected chi connectivity index (χ0v) is 17.2. The van der Waals surface area contributed by atoms with Crippen molar-refractivity contribution in [3.63, 3.8) is 0 Å². The number of amides is 1. The van der Waals surface area contributed by atoms with E-state index in [1.165, 1.54) is 10.9 Å². The van der Waals surface area contributed by atoms with E-state index in [4.69, 9.17) is 4.74 Å². The number of halogens is 2. The number of aryl methyl sites for hydroxylation is 1. The third-order valence-corrected chi connectivity index (χ3v) is 4.42. The van der Waals surface area contributed by atoms with E-state index >= 15 is 0 Å². The van der Waals surface area contributed by atoms with E-state index in [-0.39, 0.29) is 18.7 Å². The maximum atomic E-state index is 13.2. The Morgan fingerprint density at radius 1 is 1.41 bits per heavy atom. The van der Waals surface area contributed by atoms with Crippen LogP contribution in [0.25, 0.3) is 5.69 Å². The number of ether oxygens (including phenoxy) is 1. The van der Waals surface area contributed by atoms with Crippen LogP contribution < -0.4 is 11.0 Å². The van der Waals surface area contributed by atoms with Gasteiger partial charge in [0.05, 0.1) is 18.6 Å². The molecule has 146 valence electrons. The maximum Gasteiger partial charge on any atom is 0.407 e. The molecule has 0 aliphatic rings. The number of nitrogens with zero attached hydrogens (tertiary/aromatic N) is 3. The molecule has 0 saturated carbocycles. The van der Waals surface area contributed by atoms with Crippen LogP contribution in [0.3, 0.4) is 0 Å². The molecule has 1 heterocycles. The molecule has 0 radical (unpaired) electrons. The minimum Gasteiger partial charge on any atom is -0.445 e. The van der Waals surface area contributed by atoms with Gasteiger partial charge in [-0.3, -0.25) is 0 Å². The number of nitrogens with one attached hydrogen (secondary N) is 1. The van der Waals surface area contributed by atoms with Gasteiger partial charge in [-0.25, -0.2) is 23.2 Å². The van der Waals surface area contributed by atoms with Crippen molar-refractivity contribution in [2.24, 2.45) is 0 Å². The predicted octanol–water partition coefficient (Wildman–Crippen LogP) is 3.48. The molecule has 2 rings (SSSR count). The molecule has 1 N–H and O–H groups in total. The highest BCUT2D eigenvalue weighted by Crippen LogP contribution is 2.18. The van der Waals surface area contributed by atoms with Gasteiger partial charge in [-0.2, -0.15) is 5.10 Å². The Hall–Kier alpha value is -2.42. The van der Waals surface area contributed by atoms with E-state index in [9.17, 15) is 14.0 Å². The lowest BCUT2D eigenvalue weighted by Crippen LogP contribution is -2.41. The van der Waals surface area contributed by atoms with Crippen LogP contribution in [-0.2, 0) is 11.3 Å². The van der Waals surface area contributed by atoms with Crippen molar-refractivity contribution in [3.8, 4) is 5.69 Å². The number of aromatic nitrogens is 3. The van der Waals surface area contributed by atoms with E-state index < -0.39 is 17.3 Å². The van der Waals surface area contributed by atoms with E-state index in [0.29, 0.717) is 12.0 Å². The third kappa shape index (κ3) is 5.78. The summed E-state index contributed by atoms with van der Waals surface area (Å²) < 4.78 is 21.6. The van der Waals surface area contributed by atoms with Crippen molar-refractivity contribution in [3.05, 3.63) is 56.9 Å². The fourth-order valence-electron chi connectivity index (χ4n) is 2.21. The van der Waals surface area contributed by atoms with Gasteiger partial charge in [-0.1, -0.05) is 15.9 Å². The fourth-order valence-corrected chi connectivity index (χ4v) is 2.45. The number of rotatable bonds is 5. The van der Waals surface area contributed by atoms with E-state index in [1.54, 1.807) is 26.8 Å². The van der Waals surface area contributed by atoms with Gasteiger partial charge in [0, 0.05) is 15.6 Å². The second kappa shape index (κ2) is 8.51. The summed E-state index contributed by atoms with van der Waals surface area (Å²) in [7, 11) is 0. The monoisotopic (exact) mass is 440 g/mol. The summed E-state index contributed by atoms with van der Waals surface area (Å²) in [6.07, 6.45) is 1.03. The molecule has 0 aliphatic heterocycles. The molecular weight excluding hydrogens is 419 g/mol. The molecule has 0 spiro atoms. The SMILES string of the molecule is Cc1cc(-n2cnn(C/C(=C/F)COC(=O)NC(C)(C)C)c2=O)ccc1Br. The van der Waals surface area contributed by atoms with E-state index in [2.05, 4.69) is 26.3 Å². The van der Waals surface area contributed by atoms with Crippen molar-refractivity contribution < 1.29 is 13.9 Å². The molecule has 1 aromatic heterocycles. The van der Waals surface area contributed by atoms with Gasteiger partial charge in [0.25, 0.3) is 0 Å². The van der Waals surface area contributed by atoms with Crippen molar-refractivity contribution in [1.82, 2.24) is 19.7 Å². The van der Waals surface area contributed by atoms with Crippen molar-refractivity contribution in [2.45, 2.75) is 39.8 Å². The van der Waals surface area contributed by atoms with Gasteiger partial charge in [0.2, 0.25) is 0 Å². The molecule has 1 aromatic carbocycles. The highest BCUT2D eigenvalue weighted by Gasteiger charge is 2.16. The summed E-state index contributed by atoms with van der Waals surface area (Å²) in [6, 6.07) is 5.45. The number of carbonyl (C=O) groups excluding carboxylic acids is 1. The van der Waals surface area contributed by atoms with Crippen LogP contribution in [0.4, 0.5) is 9.18 Å². The number of hydrogen-bond donors (Lipinski definition) is 1. The highest BCUT2D eigenvalue weighted by atomic mass is 79.9. The van der Waals surface area contributed by atoms with Crippen LogP contribution in [0.2, 0.25) is 0 Å². The van der Waals surface area contributed by atoms with Gasteiger partial charge < -0.3 is 10.1 Å². The maximum absolute atomic E-state index is 13.2. The van der Waals surface area contributed by atoms with E-state index in [1.807, 2.05) is 19.1 Å². The topological polar surface area (TPSA) is 78.2 Å². The highest BCUT2D eigenvalue weighted by molar-refractivity contribution is 9.10. The normalized spacial score (nSPS) is 12.1. The Morgan fingerprint density at radius 3 is 2.70 bits per heavy atom. The van der Waals surface area contributed by atoms with Crippen LogP contribution in [0.5, 0.6) is 0 Å². The van der Waals surface area contributed by atoms with Gasteiger partial charge in [-0.05, 0) is 51.5 Å². The first-order chi connectivity index (χ1) is 12.6. The first-order valence-corrected chi connectivity index (χ1v) is 9.04. The Labute approximate surface area is 165 Å². The van der Waals surface area contributed by atoms with Crippen LogP contribution >= 0.6 is 15.9 Å². The summed E-state index contributed by atoms with van der Waals surface area (Å²) in [5.41, 5.74) is 0.844. The molecule has 0 saturated heterocycles. The summed E-state index contributed by atoms with van der Waals surface area (Å²) in [6.45, 7) is 6.91. The van der Waals surface area contributed by atoms with Crippen molar-refractivity contribution in [2.75, 3.05) is 6.61 Å². The first-order valence-electron chi connectivity index (χ1n) is 8.25. The smallest absolute Gasteiger partial charge is 0.407 e. The number of carbonyl (C=O) groups is 1. The Morgan fingerprint density at radius 2 is 2.11 bits per heavy atom. The molecule has 0 atom stereocenters. The number of alkyl carbamates (subject to hydrolysis) is 1. The largest absolute Gasteiger partial charge is 0.445 e. The molecule has 0 unspecified atom stereocenters. The van der Waals surface area contributed by atoms with Crippen molar-refractivity contribution >= 4 is 22.0 Å². The average molecular weight is 441 g/mol. The van der Waals surface area contributed by atoms with Crippen molar-refractivity contribution in [1.29, 1.82) is 0 Å². The fraction of sp³-hybridized carbons (Fsp3) is 0.389. The molecule has 0 aliphatic carbocycles. The minimum absolute atomic E-state index is 0.110. The zero-order chi connectivity index (χ0) is 20.2. The predicted molar refractivity (Wildman–Crippen MR) is 104 cm³/mol. The standard InChI is InChI=1S/C18H22BrFN4O3/c1-12-7-14(5-6-15(12)19)23-11-21-24(17(23)26)9-13(8-20)10-27-16(25)22-18(2,3)4/h5-8,11H,9-10H2,1-4H3,(H,22,25)/b13-8-. The van der Waals surface area contributed by atoms with E-state index in [0.717, 1.165) is 14.7 Å². The van der Waals surface area contributed by atoms with Gasteiger partial charge in [0.15, 0.2) is 0 Å². The number of hydrogen-bond acceptors (Lipinski definition) is 4. The lowest BCUT2D eigenvalue weighted by Gasteiger charge is -2.20. The lowest BCUT2D eigenvalue weighted by atomic mass is 10.1. The molecule has 7 nitrogen and oxygen atoms in total. The number of benzene rings is 1. The second-order valence-electron chi connectivity index (χ2n) is 7.09. The molecular formula is C18H22BrFN4O3.